The SMILES string of the molecule is CCOC(=O)c1[nH]c(C)c(C(=O)C(C)N(CCc2ccccn2)C(=O)C2CCCC2)c1C. The summed E-state index contributed by atoms with van der Waals surface area (Å²) >= 11 is 0. The van der Waals surface area contributed by atoms with Crippen LogP contribution in [0.3, 0.4) is 0 Å². The molecule has 0 spiro atoms. The highest BCUT2D eigenvalue weighted by Gasteiger charge is 2.34. The molecule has 1 amide bonds. The fourth-order valence-corrected chi connectivity index (χ4v) is 4.56. The van der Waals surface area contributed by atoms with Gasteiger partial charge in [0.2, 0.25) is 5.91 Å². The number of hydrogen-bond donors (Lipinski definition) is 1. The number of pyridine rings is 1. The molecule has 7 heteroatoms. The van der Waals surface area contributed by atoms with Crippen molar-refractivity contribution in [1.29, 1.82) is 0 Å². The Morgan fingerprint density at radius 3 is 2.56 bits per heavy atom. The zero-order chi connectivity index (χ0) is 23.3. The van der Waals surface area contributed by atoms with Crippen LogP contribution in [0.2, 0.25) is 0 Å². The fourth-order valence-electron chi connectivity index (χ4n) is 4.56. The van der Waals surface area contributed by atoms with Crippen LogP contribution in [0, 0.1) is 19.8 Å². The second-order valence-electron chi connectivity index (χ2n) is 8.47. The van der Waals surface area contributed by atoms with Crippen LogP contribution in [0.5, 0.6) is 0 Å². The Hall–Kier alpha value is -2.96. The zero-order valence-electron chi connectivity index (χ0n) is 19.4. The number of carbonyl (C=O) groups is 3. The third-order valence-electron chi connectivity index (χ3n) is 6.33. The second kappa shape index (κ2) is 10.6. The highest BCUT2D eigenvalue weighted by Crippen LogP contribution is 2.29. The van der Waals surface area contributed by atoms with Crippen molar-refractivity contribution in [2.45, 2.75) is 65.8 Å². The first kappa shape index (κ1) is 23.7. The number of aromatic amines is 1. The summed E-state index contributed by atoms with van der Waals surface area (Å²) in [6.07, 6.45) is 6.15. The Morgan fingerprint density at radius 2 is 1.94 bits per heavy atom. The van der Waals surface area contributed by atoms with Crippen molar-refractivity contribution < 1.29 is 19.1 Å². The maximum atomic E-state index is 13.6. The fraction of sp³-hybridized carbons (Fsp3) is 0.520. The summed E-state index contributed by atoms with van der Waals surface area (Å²) in [7, 11) is 0. The van der Waals surface area contributed by atoms with E-state index in [0.29, 0.717) is 35.5 Å². The number of hydrogen-bond acceptors (Lipinski definition) is 5. The van der Waals surface area contributed by atoms with Crippen LogP contribution in [-0.4, -0.2) is 51.7 Å². The second-order valence-corrected chi connectivity index (χ2v) is 8.47. The number of ether oxygens (including phenoxy) is 1. The van der Waals surface area contributed by atoms with Gasteiger partial charge in [0.25, 0.3) is 0 Å². The minimum absolute atomic E-state index is 0.0301. The van der Waals surface area contributed by atoms with Crippen LogP contribution >= 0.6 is 0 Å². The molecule has 2 heterocycles. The number of aromatic nitrogens is 2. The van der Waals surface area contributed by atoms with Gasteiger partial charge >= 0.3 is 5.97 Å². The molecule has 1 aliphatic rings. The summed E-state index contributed by atoms with van der Waals surface area (Å²) in [5.74, 6) is -0.638. The third-order valence-corrected chi connectivity index (χ3v) is 6.33. The third kappa shape index (κ3) is 5.09. The number of nitrogens with zero attached hydrogens (tertiary/aromatic N) is 2. The van der Waals surface area contributed by atoms with Gasteiger partial charge in [-0.1, -0.05) is 18.9 Å². The van der Waals surface area contributed by atoms with Gasteiger partial charge < -0.3 is 14.6 Å². The molecule has 0 radical (unpaired) electrons. The van der Waals surface area contributed by atoms with Crippen molar-refractivity contribution in [3.63, 3.8) is 0 Å². The number of esters is 1. The average molecular weight is 440 g/mol. The Balaban J connectivity index is 1.86. The Bertz CT molecular complexity index is 961. The van der Waals surface area contributed by atoms with E-state index in [4.69, 9.17) is 4.74 Å². The molecule has 0 aliphatic heterocycles. The van der Waals surface area contributed by atoms with Crippen LogP contribution < -0.4 is 0 Å². The predicted molar refractivity (Wildman–Crippen MR) is 122 cm³/mol. The summed E-state index contributed by atoms with van der Waals surface area (Å²) < 4.78 is 5.11. The summed E-state index contributed by atoms with van der Waals surface area (Å²) in [6, 6.07) is 5.06. The van der Waals surface area contributed by atoms with E-state index in [1.165, 1.54) is 0 Å². The quantitative estimate of drug-likeness (QED) is 0.470. The molecule has 172 valence electrons. The lowest BCUT2D eigenvalue weighted by Gasteiger charge is -2.31. The minimum Gasteiger partial charge on any atom is -0.461 e. The number of nitrogens with one attached hydrogen (secondary N) is 1. The Kier molecular flexibility index (Phi) is 7.83. The van der Waals surface area contributed by atoms with E-state index in [1.807, 2.05) is 18.2 Å². The van der Waals surface area contributed by atoms with Crippen molar-refractivity contribution in [3.8, 4) is 0 Å². The smallest absolute Gasteiger partial charge is 0.355 e. The molecule has 1 fully saturated rings. The number of Topliss-reactive ketones (excluding diaryl/α,β-unsaturated/α-hetero) is 1. The van der Waals surface area contributed by atoms with Gasteiger partial charge in [-0.25, -0.2) is 4.79 Å². The van der Waals surface area contributed by atoms with Crippen molar-refractivity contribution in [1.82, 2.24) is 14.9 Å². The molecule has 2 aromatic rings. The van der Waals surface area contributed by atoms with Crippen LogP contribution in [0.15, 0.2) is 24.4 Å². The van der Waals surface area contributed by atoms with Crippen molar-refractivity contribution in [2.75, 3.05) is 13.2 Å². The minimum atomic E-state index is -0.643. The van der Waals surface area contributed by atoms with Crippen molar-refractivity contribution in [3.05, 3.63) is 52.6 Å². The molecule has 0 saturated heterocycles. The molecule has 1 saturated carbocycles. The summed E-state index contributed by atoms with van der Waals surface area (Å²) in [5.41, 5.74) is 2.82. The highest BCUT2D eigenvalue weighted by molar-refractivity contribution is 6.06. The van der Waals surface area contributed by atoms with Gasteiger partial charge in [0, 0.05) is 42.0 Å². The van der Waals surface area contributed by atoms with Crippen molar-refractivity contribution >= 4 is 17.7 Å². The molecular formula is C25H33N3O4. The largest absolute Gasteiger partial charge is 0.461 e. The average Bonchev–Trinajstić information content (AvgIpc) is 3.42. The lowest BCUT2D eigenvalue weighted by Crippen LogP contribution is -2.47. The van der Waals surface area contributed by atoms with E-state index < -0.39 is 12.0 Å². The number of H-pyrrole nitrogens is 1. The van der Waals surface area contributed by atoms with E-state index in [-0.39, 0.29) is 24.2 Å². The van der Waals surface area contributed by atoms with Gasteiger partial charge in [-0.05, 0) is 58.2 Å². The number of amides is 1. The monoisotopic (exact) mass is 439 g/mol. The maximum absolute atomic E-state index is 13.6. The van der Waals surface area contributed by atoms with Gasteiger partial charge in [-0.3, -0.25) is 14.6 Å². The summed E-state index contributed by atoms with van der Waals surface area (Å²) in [6.45, 7) is 7.72. The van der Waals surface area contributed by atoms with Crippen LogP contribution in [-0.2, 0) is 16.0 Å². The van der Waals surface area contributed by atoms with E-state index in [9.17, 15) is 14.4 Å². The van der Waals surface area contributed by atoms with Crippen LogP contribution in [0.25, 0.3) is 0 Å². The highest BCUT2D eigenvalue weighted by atomic mass is 16.5. The number of ketones is 1. The molecule has 0 aromatic carbocycles. The molecule has 0 bridgehead atoms. The molecule has 2 aromatic heterocycles. The topological polar surface area (TPSA) is 92.4 Å². The lowest BCUT2D eigenvalue weighted by atomic mass is 9.97. The molecule has 1 N–H and O–H groups in total. The number of carbonyl (C=O) groups excluding carboxylic acids is 3. The first-order valence-corrected chi connectivity index (χ1v) is 11.5. The Morgan fingerprint density at radius 1 is 1.22 bits per heavy atom. The number of aryl methyl sites for hydroxylation is 1. The van der Waals surface area contributed by atoms with Crippen LogP contribution in [0.1, 0.15) is 77.3 Å². The first-order chi connectivity index (χ1) is 15.3. The summed E-state index contributed by atoms with van der Waals surface area (Å²) in [4.78, 5) is 48.3. The van der Waals surface area contributed by atoms with E-state index in [0.717, 1.165) is 31.4 Å². The van der Waals surface area contributed by atoms with Crippen LogP contribution in [0.4, 0.5) is 0 Å². The molecular weight excluding hydrogens is 406 g/mol. The maximum Gasteiger partial charge on any atom is 0.355 e. The van der Waals surface area contributed by atoms with Gasteiger partial charge in [-0.15, -0.1) is 0 Å². The Labute approximate surface area is 189 Å². The molecule has 1 unspecified atom stereocenters. The standard InChI is InChI=1S/C25H33N3O4/c1-5-32-25(31)22-16(2)21(17(3)27-22)23(29)18(4)28(24(30)19-10-6-7-11-19)15-13-20-12-8-9-14-26-20/h8-9,12,14,18-19,27H,5-7,10-11,13,15H2,1-4H3. The predicted octanol–water partition coefficient (Wildman–Crippen LogP) is 4.04. The summed E-state index contributed by atoms with van der Waals surface area (Å²) in [5, 5.41) is 0. The molecule has 7 nitrogen and oxygen atoms in total. The van der Waals surface area contributed by atoms with Gasteiger partial charge in [0.1, 0.15) is 5.69 Å². The van der Waals surface area contributed by atoms with Crippen molar-refractivity contribution in [2.24, 2.45) is 5.92 Å². The van der Waals surface area contributed by atoms with E-state index >= 15 is 0 Å². The molecule has 3 rings (SSSR count). The van der Waals surface area contributed by atoms with E-state index in [1.54, 1.807) is 38.8 Å². The number of rotatable bonds is 9. The molecule has 1 aliphatic carbocycles. The lowest BCUT2D eigenvalue weighted by molar-refractivity contribution is -0.136. The van der Waals surface area contributed by atoms with Gasteiger partial charge in [0.05, 0.1) is 12.6 Å². The zero-order valence-corrected chi connectivity index (χ0v) is 19.4. The van der Waals surface area contributed by atoms with Gasteiger partial charge in [-0.2, -0.15) is 0 Å². The molecule has 1 atom stereocenters. The first-order valence-electron chi connectivity index (χ1n) is 11.5. The molecule has 32 heavy (non-hydrogen) atoms. The van der Waals surface area contributed by atoms with E-state index in [2.05, 4.69) is 9.97 Å². The normalized spacial score (nSPS) is 14.9. The van der Waals surface area contributed by atoms with Gasteiger partial charge in [0.15, 0.2) is 5.78 Å².